The summed E-state index contributed by atoms with van der Waals surface area (Å²) < 4.78 is 26.2. The maximum Gasteiger partial charge on any atom is 0.181 e. The molecule has 5 atom stereocenters. The van der Waals surface area contributed by atoms with Crippen LogP contribution in [0.1, 0.15) is 51.9 Å². The molecule has 0 N–H and O–H groups in total. The second kappa shape index (κ2) is 6.95. The fraction of sp³-hybridized carbons (Fsp3) is 0.591. The lowest BCUT2D eigenvalue weighted by molar-refractivity contribution is -0.129. The highest BCUT2D eigenvalue weighted by Crippen LogP contribution is 2.48. The molecule has 0 radical (unpaired) electrons. The van der Waals surface area contributed by atoms with Crippen LogP contribution in [-0.4, -0.2) is 19.5 Å². The Morgan fingerprint density at radius 3 is 2.50 bits per heavy atom. The third-order valence-electron chi connectivity index (χ3n) is 6.99. The van der Waals surface area contributed by atoms with Crippen LogP contribution in [0.5, 0.6) is 0 Å². The summed E-state index contributed by atoms with van der Waals surface area (Å²) >= 11 is 0. The van der Waals surface area contributed by atoms with E-state index in [2.05, 4.69) is 13.0 Å². The number of Topliss-reactive ketones (excluding diaryl/α,β-unsaturated/α-hetero) is 1. The molecule has 0 aliphatic heterocycles. The highest BCUT2D eigenvalue weighted by molar-refractivity contribution is 7.92. The van der Waals surface area contributed by atoms with Crippen molar-refractivity contribution in [3.8, 4) is 0 Å². The van der Waals surface area contributed by atoms with Gasteiger partial charge in [-0.3, -0.25) is 4.79 Å². The van der Waals surface area contributed by atoms with E-state index in [0.29, 0.717) is 29.6 Å². The van der Waals surface area contributed by atoms with E-state index in [1.807, 2.05) is 6.07 Å². The molecule has 0 unspecified atom stereocenters. The number of hydrogen-bond acceptors (Lipinski definition) is 3. The lowest BCUT2D eigenvalue weighted by atomic mass is 9.67. The maximum atomic E-state index is 13.1. The third kappa shape index (κ3) is 3.06. The van der Waals surface area contributed by atoms with Gasteiger partial charge in [-0.2, -0.15) is 0 Å². The van der Waals surface area contributed by atoms with Gasteiger partial charge in [0.25, 0.3) is 0 Å². The zero-order valence-corrected chi connectivity index (χ0v) is 16.3. The minimum Gasteiger partial charge on any atom is -0.299 e. The third-order valence-corrected chi connectivity index (χ3v) is 9.20. The van der Waals surface area contributed by atoms with Crippen LogP contribution in [0.3, 0.4) is 0 Å². The summed E-state index contributed by atoms with van der Waals surface area (Å²) in [6.07, 6.45) is 9.08. The number of benzene rings is 1. The number of carbonyl (C=O) groups excluding carboxylic acids is 1. The minimum atomic E-state index is -3.43. The van der Waals surface area contributed by atoms with Gasteiger partial charge in [0, 0.05) is 12.3 Å². The van der Waals surface area contributed by atoms with Crippen molar-refractivity contribution in [2.45, 2.75) is 62.0 Å². The van der Waals surface area contributed by atoms with Crippen molar-refractivity contribution in [2.24, 2.45) is 23.7 Å². The van der Waals surface area contributed by atoms with Gasteiger partial charge in [-0.1, -0.05) is 42.7 Å². The van der Waals surface area contributed by atoms with E-state index < -0.39 is 15.1 Å². The maximum absolute atomic E-state index is 13.1. The van der Waals surface area contributed by atoms with Gasteiger partial charge in [0.2, 0.25) is 0 Å². The van der Waals surface area contributed by atoms with Gasteiger partial charge in [-0.05, 0) is 62.5 Å². The molecule has 4 heteroatoms. The molecule has 0 heterocycles. The summed E-state index contributed by atoms with van der Waals surface area (Å²) in [5, 5.41) is -0.531. The number of carbonyl (C=O) groups is 1. The number of sulfone groups is 1. The first-order valence-electron chi connectivity index (χ1n) is 9.97. The molecule has 3 aliphatic carbocycles. The molecule has 1 aromatic carbocycles. The molecular weight excluding hydrogens is 344 g/mol. The van der Waals surface area contributed by atoms with Crippen molar-refractivity contribution in [1.29, 1.82) is 0 Å². The number of allylic oxidation sites excluding steroid dienone is 2. The molecule has 4 rings (SSSR count). The van der Waals surface area contributed by atoms with Gasteiger partial charge in [-0.25, -0.2) is 8.42 Å². The Bertz CT molecular complexity index is 809. The normalized spacial score (nSPS) is 37.0. The number of fused-ring (bicyclic) bond motifs is 2. The van der Waals surface area contributed by atoms with E-state index in [1.54, 1.807) is 24.3 Å². The van der Waals surface area contributed by atoms with Crippen LogP contribution in [0, 0.1) is 23.7 Å². The SMILES string of the molecule is C/C1=C/C[C@@H]2C[C@@H](S(=O)(=O)c3ccccc3)[C@@H]2C(=O)C[C@H]2CCCC[C@H]12. The molecule has 3 aliphatic rings. The minimum absolute atomic E-state index is 0.195. The average Bonchev–Trinajstić information content (AvgIpc) is 2.64. The second-order valence-corrected chi connectivity index (χ2v) is 10.6. The Kier molecular flexibility index (Phi) is 4.81. The van der Waals surface area contributed by atoms with Crippen molar-refractivity contribution < 1.29 is 13.2 Å². The van der Waals surface area contributed by atoms with Crippen LogP contribution in [0.2, 0.25) is 0 Å². The molecule has 2 saturated carbocycles. The van der Waals surface area contributed by atoms with E-state index >= 15 is 0 Å². The Morgan fingerprint density at radius 1 is 1.00 bits per heavy atom. The summed E-state index contributed by atoms with van der Waals surface area (Å²) in [6.45, 7) is 2.21. The van der Waals surface area contributed by atoms with Crippen LogP contribution in [0.15, 0.2) is 46.9 Å². The predicted octanol–water partition coefficient (Wildman–Crippen LogP) is 4.58. The first-order chi connectivity index (χ1) is 12.5. The van der Waals surface area contributed by atoms with Gasteiger partial charge in [0.1, 0.15) is 5.78 Å². The Balaban J connectivity index is 1.62. The number of ketones is 1. The molecule has 26 heavy (non-hydrogen) atoms. The van der Waals surface area contributed by atoms with Gasteiger partial charge in [0.15, 0.2) is 9.84 Å². The number of rotatable bonds is 2. The lowest BCUT2D eigenvalue weighted by Crippen LogP contribution is -2.50. The molecule has 3 nitrogen and oxygen atoms in total. The molecule has 1 aromatic rings. The molecule has 0 bridgehead atoms. The van der Waals surface area contributed by atoms with E-state index in [4.69, 9.17) is 0 Å². The molecule has 2 fully saturated rings. The summed E-state index contributed by atoms with van der Waals surface area (Å²) in [5.41, 5.74) is 1.43. The predicted molar refractivity (Wildman–Crippen MR) is 102 cm³/mol. The highest BCUT2D eigenvalue weighted by Gasteiger charge is 2.52. The van der Waals surface area contributed by atoms with Crippen molar-refractivity contribution in [1.82, 2.24) is 0 Å². The Morgan fingerprint density at radius 2 is 1.73 bits per heavy atom. The van der Waals surface area contributed by atoms with Crippen molar-refractivity contribution in [3.63, 3.8) is 0 Å². The zero-order chi connectivity index (χ0) is 18.3. The molecule has 0 aromatic heterocycles. The first kappa shape index (κ1) is 18.0. The standard InChI is InChI=1S/C22H28O3S/c1-15-11-12-17-14-21(26(24,25)18-8-3-2-4-9-18)22(17)20(23)13-16-7-5-6-10-19(15)16/h2-4,8-9,11,16-17,19,21-22H,5-7,10,12-14H2,1H3/b15-11-/t16-,17-,19-,21-,22+/m1/s1. The highest BCUT2D eigenvalue weighted by atomic mass is 32.2. The monoisotopic (exact) mass is 372 g/mol. The van der Waals surface area contributed by atoms with E-state index in [0.717, 1.165) is 12.8 Å². The van der Waals surface area contributed by atoms with Crippen molar-refractivity contribution in [3.05, 3.63) is 42.0 Å². The average molecular weight is 373 g/mol. The second-order valence-electron chi connectivity index (χ2n) is 8.42. The Hall–Kier alpha value is -1.42. The summed E-state index contributed by atoms with van der Waals surface area (Å²) in [6, 6.07) is 8.65. The van der Waals surface area contributed by atoms with Gasteiger partial charge >= 0.3 is 0 Å². The summed E-state index contributed by atoms with van der Waals surface area (Å²) in [7, 11) is -3.43. The fourth-order valence-corrected chi connectivity index (χ4v) is 7.60. The van der Waals surface area contributed by atoms with Crippen LogP contribution in [0.25, 0.3) is 0 Å². The molecule has 0 saturated heterocycles. The molecule has 140 valence electrons. The molecule has 0 spiro atoms. The largest absolute Gasteiger partial charge is 0.299 e. The zero-order valence-electron chi connectivity index (χ0n) is 15.4. The lowest BCUT2D eigenvalue weighted by Gasteiger charge is -2.43. The van der Waals surface area contributed by atoms with Crippen LogP contribution in [-0.2, 0) is 14.6 Å². The first-order valence-corrected chi connectivity index (χ1v) is 11.5. The van der Waals surface area contributed by atoms with Crippen LogP contribution >= 0.6 is 0 Å². The van der Waals surface area contributed by atoms with Crippen molar-refractivity contribution in [2.75, 3.05) is 0 Å². The van der Waals surface area contributed by atoms with E-state index in [1.165, 1.54) is 24.8 Å². The fourth-order valence-electron chi connectivity index (χ4n) is 5.45. The van der Waals surface area contributed by atoms with E-state index in [-0.39, 0.29) is 17.6 Å². The van der Waals surface area contributed by atoms with Crippen LogP contribution in [0.4, 0.5) is 0 Å². The Labute approximate surface area is 156 Å². The number of hydrogen-bond donors (Lipinski definition) is 0. The van der Waals surface area contributed by atoms with Gasteiger partial charge in [-0.15, -0.1) is 0 Å². The summed E-state index contributed by atoms with van der Waals surface area (Å²) in [4.78, 5) is 13.5. The molecular formula is C22H28O3S. The topological polar surface area (TPSA) is 51.2 Å². The van der Waals surface area contributed by atoms with Gasteiger partial charge < -0.3 is 0 Å². The van der Waals surface area contributed by atoms with Crippen LogP contribution < -0.4 is 0 Å². The molecule has 0 amide bonds. The smallest absolute Gasteiger partial charge is 0.181 e. The van der Waals surface area contributed by atoms with Crippen molar-refractivity contribution >= 4 is 15.6 Å². The summed E-state index contributed by atoms with van der Waals surface area (Å²) in [5.74, 6) is 1.01. The quantitative estimate of drug-likeness (QED) is 0.714. The van der Waals surface area contributed by atoms with E-state index in [9.17, 15) is 13.2 Å². The van der Waals surface area contributed by atoms with Gasteiger partial charge in [0.05, 0.1) is 10.1 Å².